The van der Waals surface area contributed by atoms with Crippen molar-refractivity contribution in [2.24, 2.45) is 0 Å². The standard InChI is InChI=1S/C23H15N3O/c24-16-18-12-10-17(11-13-18)14-15-21-20-8-4-5-9-22(27)23(20)26(25-21)19-6-2-1-3-7-19/h1-15H. The molecule has 4 aromatic rings. The van der Waals surface area contributed by atoms with Crippen molar-refractivity contribution in [1.29, 1.82) is 5.26 Å². The average molecular weight is 349 g/mol. The van der Waals surface area contributed by atoms with Crippen molar-refractivity contribution in [2.45, 2.75) is 0 Å². The minimum Gasteiger partial charge on any atom is -0.288 e. The number of hydrogen-bond donors (Lipinski definition) is 0. The van der Waals surface area contributed by atoms with E-state index in [0.717, 1.165) is 16.6 Å². The van der Waals surface area contributed by atoms with Crippen molar-refractivity contribution >= 4 is 23.1 Å². The highest BCUT2D eigenvalue weighted by Gasteiger charge is 2.11. The normalized spacial score (nSPS) is 10.9. The molecule has 1 aromatic heterocycles. The quantitative estimate of drug-likeness (QED) is 0.550. The van der Waals surface area contributed by atoms with Crippen LogP contribution < -0.4 is 5.43 Å². The number of aromatic nitrogens is 2. The molecule has 0 bridgehead atoms. The van der Waals surface area contributed by atoms with Gasteiger partial charge in [-0.2, -0.15) is 10.4 Å². The minimum absolute atomic E-state index is 0.0793. The zero-order chi connectivity index (χ0) is 18.6. The van der Waals surface area contributed by atoms with E-state index in [1.54, 1.807) is 28.9 Å². The van der Waals surface area contributed by atoms with Crippen molar-refractivity contribution in [1.82, 2.24) is 9.78 Å². The molecular weight excluding hydrogens is 334 g/mol. The zero-order valence-corrected chi connectivity index (χ0v) is 14.4. The van der Waals surface area contributed by atoms with E-state index in [0.29, 0.717) is 16.8 Å². The van der Waals surface area contributed by atoms with Crippen LogP contribution in [-0.4, -0.2) is 9.78 Å². The molecule has 0 fully saturated rings. The third-order valence-corrected chi connectivity index (χ3v) is 4.28. The summed E-state index contributed by atoms with van der Waals surface area (Å²) in [5.74, 6) is 0. The first kappa shape index (κ1) is 16.5. The Morgan fingerprint density at radius 1 is 0.852 bits per heavy atom. The van der Waals surface area contributed by atoms with E-state index < -0.39 is 0 Å². The Balaban J connectivity index is 1.87. The Hall–Kier alpha value is -3.97. The number of benzene rings is 2. The summed E-state index contributed by atoms with van der Waals surface area (Å²) in [4.78, 5) is 12.6. The van der Waals surface area contributed by atoms with Gasteiger partial charge in [-0.25, -0.2) is 4.68 Å². The summed E-state index contributed by atoms with van der Waals surface area (Å²) in [6.07, 6.45) is 3.82. The summed E-state index contributed by atoms with van der Waals surface area (Å²) in [5, 5.41) is 14.4. The maximum atomic E-state index is 12.6. The van der Waals surface area contributed by atoms with Gasteiger partial charge in [-0.05, 0) is 42.0 Å². The van der Waals surface area contributed by atoms with Crippen LogP contribution in [0.3, 0.4) is 0 Å². The van der Waals surface area contributed by atoms with E-state index in [2.05, 4.69) is 11.2 Å². The Morgan fingerprint density at radius 2 is 1.56 bits per heavy atom. The number of fused-ring (bicyclic) bond motifs is 1. The molecule has 0 aliphatic carbocycles. The van der Waals surface area contributed by atoms with E-state index in [9.17, 15) is 4.79 Å². The van der Waals surface area contributed by atoms with Crippen LogP contribution >= 0.6 is 0 Å². The Labute approximate surface area is 156 Å². The maximum absolute atomic E-state index is 12.6. The molecule has 0 aliphatic rings. The molecule has 4 heteroatoms. The van der Waals surface area contributed by atoms with Gasteiger partial charge >= 0.3 is 0 Å². The van der Waals surface area contributed by atoms with Crippen molar-refractivity contribution in [3.63, 3.8) is 0 Å². The first-order valence-corrected chi connectivity index (χ1v) is 8.52. The number of rotatable bonds is 3. The van der Waals surface area contributed by atoms with Gasteiger partial charge in [-0.1, -0.05) is 54.6 Å². The van der Waals surface area contributed by atoms with Crippen molar-refractivity contribution in [3.05, 3.63) is 106 Å². The third kappa shape index (κ3) is 3.26. The van der Waals surface area contributed by atoms with Gasteiger partial charge in [0.15, 0.2) is 0 Å². The van der Waals surface area contributed by atoms with E-state index >= 15 is 0 Å². The second-order valence-electron chi connectivity index (χ2n) is 6.04. The SMILES string of the molecule is N#Cc1ccc(C=Cc2nn(-c3ccccc3)c3c(=O)ccccc23)cc1. The second kappa shape index (κ2) is 7.11. The van der Waals surface area contributed by atoms with Crippen LogP contribution in [-0.2, 0) is 0 Å². The molecule has 0 spiro atoms. The lowest BCUT2D eigenvalue weighted by molar-refractivity contribution is 0.902. The predicted octanol–water partition coefficient (Wildman–Crippen LogP) is 4.43. The molecule has 1 heterocycles. The summed E-state index contributed by atoms with van der Waals surface area (Å²) in [7, 11) is 0. The van der Waals surface area contributed by atoms with Gasteiger partial charge in [0.05, 0.1) is 23.0 Å². The molecule has 3 aromatic carbocycles. The lowest BCUT2D eigenvalue weighted by Gasteiger charge is -2.00. The largest absolute Gasteiger partial charge is 0.288 e. The summed E-state index contributed by atoms with van der Waals surface area (Å²) in [6, 6.07) is 26.1. The van der Waals surface area contributed by atoms with Gasteiger partial charge < -0.3 is 0 Å². The van der Waals surface area contributed by atoms with Gasteiger partial charge in [-0.3, -0.25) is 4.79 Å². The summed E-state index contributed by atoms with van der Waals surface area (Å²) < 4.78 is 1.69. The predicted molar refractivity (Wildman–Crippen MR) is 107 cm³/mol. The molecule has 0 unspecified atom stereocenters. The molecule has 0 aliphatic heterocycles. The number of nitriles is 1. The smallest absolute Gasteiger partial charge is 0.204 e. The molecule has 0 amide bonds. The van der Waals surface area contributed by atoms with Crippen LogP contribution in [0.15, 0.2) is 83.7 Å². The van der Waals surface area contributed by atoms with Crippen molar-refractivity contribution in [3.8, 4) is 11.8 Å². The maximum Gasteiger partial charge on any atom is 0.204 e. The van der Waals surface area contributed by atoms with E-state index in [4.69, 9.17) is 5.26 Å². The van der Waals surface area contributed by atoms with Crippen LogP contribution in [0.25, 0.3) is 28.7 Å². The molecule has 0 N–H and O–H groups in total. The van der Waals surface area contributed by atoms with Crippen molar-refractivity contribution < 1.29 is 0 Å². The fraction of sp³-hybridized carbons (Fsp3) is 0. The topological polar surface area (TPSA) is 58.7 Å². The Morgan fingerprint density at radius 3 is 2.30 bits per heavy atom. The van der Waals surface area contributed by atoms with Crippen LogP contribution in [0.4, 0.5) is 0 Å². The molecule has 27 heavy (non-hydrogen) atoms. The Kier molecular flexibility index (Phi) is 4.34. The van der Waals surface area contributed by atoms with E-state index in [1.807, 2.05) is 66.7 Å². The van der Waals surface area contributed by atoms with E-state index in [-0.39, 0.29) is 5.43 Å². The zero-order valence-electron chi connectivity index (χ0n) is 14.4. The fourth-order valence-electron chi connectivity index (χ4n) is 2.95. The van der Waals surface area contributed by atoms with Gasteiger partial charge in [0.1, 0.15) is 5.52 Å². The Bertz CT molecular complexity index is 1230. The minimum atomic E-state index is -0.0793. The third-order valence-electron chi connectivity index (χ3n) is 4.28. The van der Waals surface area contributed by atoms with Crippen LogP contribution in [0.1, 0.15) is 16.8 Å². The number of nitrogens with zero attached hydrogens (tertiary/aromatic N) is 3. The lowest BCUT2D eigenvalue weighted by atomic mass is 10.1. The molecule has 128 valence electrons. The van der Waals surface area contributed by atoms with Crippen molar-refractivity contribution in [2.75, 3.05) is 0 Å². The molecule has 0 saturated carbocycles. The van der Waals surface area contributed by atoms with Crippen LogP contribution in [0, 0.1) is 11.3 Å². The van der Waals surface area contributed by atoms with Gasteiger partial charge in [0.2, 0.25) is 5.43 Å². The molecule has 0 saturated heterocycles. The molecular formula is C23H15N3O. The van der Waals surface area contributed by atoms with Gasteiger partial charge in [0, 0.05) is 5.39 Å². The second-order valence-corrected chi connectivity index (χ2v) is 6.04. The van der Waals surface area contributed by atoms with Gasteiger partial charge in [-0.15, -0.1) is 0 Å². The fourth-order valence-corrected chi connectivity index (χ4v) is 2.95. The average Bonchev–Trinajstić information content (AvgIpc) is 2.98. The van der Waals surface area contributed by atoms with E-state index in [1.165, 1.54) is 0 Å². The monoisotopic (exact) mass is 349 g/mol. The summed E-state index contributed by atoms with van der Waals surface area (Å²) in [6.45, 7) is 0. The lowest BCUT2D eigenvalue weighted by Crippen LogP contribution is -2.04. The molecule has 4 rings (SSSR count). The summed E-state index contributed by atoms with van der Waals surface area (Å²) in [5.41, 5.74) is 3.60. The highest BCUT2D eigenvalue weighted by Crippen LogP contribution is 2.21. The number of para-hydroxylation sites is 1. The van der Waals surface area contributed by atoms with Gasteiger partial charge in [0.25, 0.3) is 0 Å². The molecule has 0 atom stereocenters. The first-order chi connectivity index (χ1) is 13.3. The first-order valence-electron chi connectivity index (χ1n) is 8.52. The molecule has 0 radical (unpaired) electrons. The van der Waals surface area contributed by atoms with Crippen LogP contribution in [0.2, 0.25) is 0 Å². The molecule has 4 nitrogen and oxygen atoms in total. The highest BCUT2D eigenvalue weighted by atomic mass is 16.1. The number of hydrogen-bond acceptors (Lipinski definition) is 3. The van der Waals surface area contributed by atoms with Crippen LogP contribution in [0.5, 0.6) is 0 Å². The highest BCUT2D eigenvalue weighted by molar-refractivity contribution is 5.90. The summed E-state index contributed by atoms with van der Waals surface area (Å²) >= 11 is 0.